The summed E-state index contributed by atoms with van der Waals surface area (Å²) in [6.45, 7) is 4.70. The van der Waals surface area contributed by atoms with E-state index in [4.69, 9.17) is 14.2 Å². The Morgan fingerprint density at radius 2 is 1.45 bits per heavy atom. The molecule has 0 heterocycles. The number of benzene rings is 2. The Balaban J connectivity index is 1.69. The molecule has 2 aromatic carbocycles. The first-order valence-corrected chi connectivity index (χ1v) is 14.0. The number of nitrogens with one attached hydrogen (secondary N) is 1. The summed E-state index contributed by atoms with van der Waals surface area (Å²) in [5.41, 5.74) is 3.69. The highest BCUT2D eigenvalue weighted by Crippen LogP contribution is 2.28. The summed E-state index contributed by atoms with van der Waals surface area (Å²) in [6, 6.07) is 11.8. The van der Waals surface area contributed by atoms with Crippen LogP contribution >= 0.6 is 0 Å². The fraction of sp³-hybridized carbons (Fsp3) is 0.516. The van der Waals surface area contributed by atoms with Crippen LogP contribution < -0.4 is 19.6 Å². The van der Waals surface area contributed by atoms with Gasteiger partial charge in [0.1, 0.15) is 5.75 Å². The van der Waals surface area contributed by atoms with Crippen LogP contribution in [-0.4, -0.2) is 31.8 Å². The number of ether oxygens (including phenoxy) is 3. The van der Waals surface area contributed by atoms with Crippen LogP contribution in [0.15, 0.2) is 47.6 Å². The first kappa shape index (κ1) is 30.9. The average molecular weight is 525 g/mol. The van der Waals surface area contributed by atoms with Crippen LogP contribution in [0.1, 0.15) is 107 Å². The van der Waals surface area contributed by atoms with E-state index >= 15 is 0 Å². The quantitative estimate of drug-likeness (QED) is 0.0677. The highest BCUT2D eigenvalue weighted by molar-refractivity contribution is 5.91. The molecule has 0 saturated heterocycles. The van der Waals surface area contributed by atoms with Crippen molar-refractivity contribution >= 4 is 18.1 Å². The topological polar surface area (TPSA) is 86.2 Å². The van der Waals surface area contributed by atoms with Gasteiger partial charge in [-0.1, -0.05) is 71.1 Å². The first-order chi connectivity index (χ1) is 18.6. The van der Waals surface area contributed by atoms with Gasteiger partial charge in [-0.3, -0.25) is 4.79 Å². The standard InChI is InChI=1S/C31H44N2O5/c1-4-6-7-8-9-10-11-12-13-14-15-16-30(34)33-32-24-25-17-22-28(29(23-25)36-3)38-31(35)26-18-20-27(21-19-26)37-5-2/h17-24H,4-16H2,1-3H3,(H,33,34)/b32-24+. The zero-order chi connectivity index (χ0) is 27.4. The van der Waals surface area contributed by atoms with Crippen molar-refractivity contribution in [1.29, 1.82) is 0 Å². The van der Waals surface area contributed by atoms with E-state index in [1.165, 1.54) is 64.9 Å². The van der Waals surface area contributed by atoms with E-state index in [1.807, 2.05) is 6.92 Å². The maximum Gasteiger partial charge on any atom is 0.343 e. The molecule has 2 rings (SSSR count). The van der Waals surface area contributed by atoms with Gasteiger partial charge in [-0.25, -0.2) is 10.2 Å². The molecule has 0 atom stereocenters. The van der Waals surface area contributed by atoms with Crippen molar-refractivity contribution in [2.45, 2.75) is 90.9 Å². The van der Waals surface area contributed by atoms with Crippen LogP contribution in [0.3, 0.4) is 0 Å². The number of nitrogens with zero attached hydrogens (tertiary/aromatic N) is 1. The first-order valence-electron chi connectivity index (χ1n) is 14.0. The molecule has 0 aromatic heterocycles. The van der Waals surface area contributed by atoms with Crippen LogP contribution in [0.25, 0.3) is 0 Å². The lowest BCUT2D eigenvalue weighted by atomic mass is 10.1. The molecule has 208 valence electrons. The lowest BCUT2D eigenvalue weighted by molar-refractivity contribution is -0.121. The molecule has 1 amide bonds. The van der Waals surface area contributed by atoms with Gasteiger partial charge in [0.15, 0.2) is 11.5 Å². The van der Waals surface area contributed by atoms with Crippen LogP contribution in [0.4, 0.5) is 0 Å². The number of carbonyl (C=O) groups is 2. The summed E-state index contributed by atoms with van der Waals surface area (Å²) >= 11 is 0. The molecule has 0 radical (unpaired) electrons. The molecule has 0 bridgehead atoms. The van der Waals surface area contributed by atoms with Crippen LogP contribution in [0.2, 0.25) is 0 Å². The third kappa shape index (κ3) is 12.3. The summed E-state index contributed by atoms with van der Waals surface area (Å²) in [6.07, 6.45) is 15.8. The van der Waals surface area contributed by atoms with Crippen molar-refractivity contribution in [2.24, 2.45) is 5.10 Å². The fourth-order valence-corrected chi connectivity index (χ4v) is 4.05. The van der Waals surface area contributed by atoms with Gasteiger partial charge in [-0.2, -0.15) is 5.10 Å². The minimum absolute atomic E-state index is 0.0926. The molecule has 7 heteroatoms. The van der Waals surface area contributed by atoms with Crippen LogP contribution in [0, 0.1) is 0 Å². The zero-order valence-corrected chi connectivity index (χ0v) is 23.3. The highest BCUT2D eigenvalue weighted by atomic mass is 16.6. The largest absolute Gasteiger partial charge is 0.494 e. The maximum atomic E-state index is 12.5. The second kappa shape index (κ2) is 18.8. The molecule has 0 saturated carbocycles. The van der Waals surface area contributed by atoms with E-state index in [9.17, 15) is 9.59 Å². The molecule has 0 spiro atoms. The third-order valence-corrected chi connectivity index (χ3v) is 6.20. The SMILES string of the molecule is CCCCCCCCCCCCCC(=O)N/N=C/c1ccc(OC(=O)c2ccc(OCC)cc2)c(OC)c1. The van der Waals surface area contributed by atoms with E-state index in [1.54, 1.807) is 48.7 Å². The normalized spacial score (nSPS) is 10.9. The second-order valence-corrected chi connectivity index (χ2v) is 9.34. The second-order valence-electron chi connectivity index (χ2n) is 9.34. The minimum atomic E-state index is -0.498. The number of esters is 1. The van der Waals surface area contributed by atoms with Crippen LogP contribution in [-0.2, 0) is 4.79 Å². The summed E-state index contributed by atoms with van der Waals surface area (Å²) in [5, 5.41) is 4.05. The molecule has 38 heavy (non-hydrogen) atoms. The van der Waals surface area contributed by atoms with E-state index < -0.39 is 5.97 Å². The highest BCUT2D eigenvalue weighted by Gasteiger charge is 2.13. The van der Waals surface area contributed by atoms with Gasteiger partial charge < -0.3 is 14.2 Å². The van der Waals surface area contributed by atoms with Crippen molar-refractivity contribution < 1.29 is 23.8 Å². The fourth-order valence-electron chi connectivity index (χ4n) is 4.05. The van der Waals surface area contributed by atoms with Gasteiger partial charge >= 0.3 is 5.97 Å². The molecule has 7 nitrogen and oxygen atoms in total. The molecule has 0 aliphatic heterocycles. The lowest BCUT2D eigenvalue weighted by Gasteiger charge is -2.10. The molecule has 0 fully saturated rings. The number of hydrogen-bond donors (Lipinski definition) is 1. The predicted octanol–water partition coefficient (Wildman–Crippen LogP) is 7.46. The summed E-state index contributed by atoms with van der Waals surface area (Å²) in [4.78, 5) is 24.6. The molecular formula is C31H44N2O5. The number of rotatable bonds is 19. The van der Waals surface area contributed by atoms with E-state index in [2.05, 4.69) is 17.5 Å². The van der Waals surface area contributed by atoms with Gasteiger partial charge in [0.25, 0.3) is 0 Å². The Labute approximate surface area is 228 Å². The number of methoxy groups -OCH3 is 1. The summed E-state index contributed by atoms with van der Waals surface area (Å²) in [5.74, 6) is 0.785. The molecule has 0 unspecified atom stereocenters. The van der Waals surface area contributed by atoms with Gasteiger partial charge in [0.2, 0.25) is 5.91 Å². The Morgan fingerprint density at radius 1 is 0.816 bits per heavy atom. The zero-order valence-electron chi connectivity index (χ0n) is 23.3. The van der Waals surface area contributed by atoms with Crippen molar-refractivity contribution in [3.63, 3.8) is 0 Å². The van der Waals surface area contributed by atoms with Crippen molar-refractivity contribution in [3.8, 4) is 17.2 Å². The molecule has 2 aromatic rings. The third-order valence-electron chi connectivity index (χ3n) is 6.20. The maximum absolute atomic E-state index is 12.5. The minimum Gasteiger partial charge on any atom is -0.494 e. The van der Waals surface area contributed by atoms with E-state index in [-0.39, 0.29) is 5.91 Å². The number of hydrazone groups is 1. The number of carbonyl (C=O) groups excluding carboxylic acids is 2. The van der Waals surface area contributed by atoms with Crippen molar-refractivity contribution in [1.82, 2.24) is 5.43 Å². The molecule has 0 aliphatic carbocycles. The van der Waals surface area contributed by atoms with E-state index in [0.29, 0.717) is 41.4 Å². The predicted molar refractivity (Wildman–Crippen MR) is 152 cm³/mol. The Bertz CT molecular complexity index is 988. The van der Waals surface area contributed by atoms with Crippen molar-refractivity contribution in [3.05, 3.63) is 53.6 Å². The van der Waals surface area contributed by atoms with E-state index in [0.717, 1.165) is 12.8 Å². The molecule has 0 aliphatic rings. The van der Waals surface area contributed by atoms with Gasteiger partial charge in [0, 0.05) is 6.42 Å². The average Bonchev–Trinajstić information content (AvgIpc) is 2.93. The van der Waals surface area contributed by atoms with Gasteiger partial charge in [0.05, 0.1) is 25.5 Å². The lowest BCUT2D eigenvalue weighted by Crippen LogP contribution is -2.16. The Hall–Kier alpha value is -3.35. The van der Waals surface area contributed by atoms with Crippen LogP contribution in [0.5, 0.6) is 17.2 Å². The monoisotopic (exact) mass is 524 g/mol. The van der Waals surface area contributed by atoms with Gasteiger partial charge in [-0.05, 0) is 61.4 Å². The number of unbranched alkanes of at least 4 members (excludes halogenated alkanes) is 10. The Morgan fingerprint density at radius 3 is 2.05 bits per heavy atom. The van der Waals surface area contributed by atoms with Crippen molar-refractivity contribution in [2.75, 3.05) is 13.7 Å². The summed E-state index contributed by atoms with van der Waals surface area (Å²) in [7, 11) is 1.50. The molecular weight excluding hydrogens is 480 g/mol. The van der Waals surface area contributed by atoms with Gasteiger partial charge in [-0.15, -0.1) is 0 Å². The number of amides is 1. The smallest absolute Gasteiger partial charge is 0.343 e. The summed E-state index contributed by atoms with van der Waals surface area (Å²) < 4.78 is 16.3. The molecule has 1 N–H and O–H groups in total. The number of hydrogen-bond acceptors (Lipinski definition) is 6. The Kier molecular flexibility index (Phi) is 15.3.